The molecule has 0 nitrogen and oxygen atoms in total. The standard InChI is InChI=1S/C25H39F3/c1-2-3-16-4-6-17(7-5-16)18-8-9-20-13-21(11-10-19(20)12-18)22-14-23(26)25(28)24(27)15-22/h13,16-20,22-25H,2-12,14-15H2,1H3. The van der Waals surface area contributed by atoms with Crippen LogP contribution in [0.5, 0.6) is 0 Å². The summed E-state index contributed by atoms with van der Waals surface area (Å²) in [7, 11) is 0. The molecule has 0 aliphatic heterocycles. The Bertz CT molecular complexity index is 524. The Morgan fingerprint density at radius 1 is 0.786 bits per heavy atom. The highest BCUT2D eigenvalue weighted by molar-refractivity contribution is 5.16. The molecular formula is C25H39F3. The van der Waals surface area contributed by atoms with Crippen LogP contribution in [0.1, 0.15) is 90.4 Å². The third-order valence-electron chi connectivity index (χ3n) is 8.80. The van der Waals surface area contributed by atoms with Crippen LogP contribution < -0.4 is 0 Å². The topological polar surface area (TPSA) is 0 Å². The van der Waals surface area contributed by atoms with Crippen molar-refractivity contribution in [3.05, 3.63) is 11.6 Å². The van der Waals surface area contributed by atoms with Gasteiger partial charge in [-0.2, -0.15) is 0 Å². The van der Waals surface area contributed by atoms with Crippen molar-refractivity contribution < 1.29 is 13.2 Å². The average molecular weight is 397 g/mol. The van der Waals surface area contributed by atoms with E-state index in [4.69, 9.17) is 0 Å². The molecule has 0 amide bonds. The Kier molecular flexibility index (Phi) is 6.78. The first-order valence-electron chi connectivity index (χ1n) is 12.2. The molecule has 5 atom stereocenters. The van der Waals surface area contributed by atoms with Crippen LogP contribution in [0.3, 0.4) is 0 Å². The highest BCUT2D eigenvalue weighted by Crippen LogP contribution is 2.49. The summed E-state index contributed by atoms with van der Waals surface area (Å²) in [5, 5.41) is 0. The lowest BCUT2D eigenvalue weighted by Crippen LogP contribution is -2.38. The third-order valence-corrected chi connectivity index (χ3v) is 8.80. The molecule has 0 spiro atoms. The lowest BCUT2D eigenvalue weighted by atomic mass is 9.62. The molecule has 4 aliphatic carbocycles. The van der Waals surface area contributed by atoms with E-state index in [9.17, 15) is 13.2 Å². The van der Waals surface area contributed by atoms with E-state index in [1.54, 1.807) is 0 Å². The summed E-state index contributed by atoms with van der Waals surface area (Å²) in [6.07, 6.45) is 12.3. The normalized spacial score (nSPS) is 47.3. The van der Waals surface area contributed by atoms with Gasteiger partial charge in [-0.25, -0.2) is 13.2 Å². The maximum absolute atomic E-state index is 13.9. The zero-order valence-corrected chi connectivity index (χ0v) is 17.6. The first-order valence-corrected chi connectivity index (χ1v) is 12.2. The van der Waals surface area contributed by atoms with E-state index in [-0.39, 0.29) is 18.8 Å². The van der Waals surface area contributed by atoms with Crippen molar-refractivity contribution in [1.29, 1.82) is 0 Å². The SMILES string of the molecule is CCCC1CCC(C2CCC3C=C(C4CC(F)C(F)C(F)C4)CCC3C2)CC1. The fourth-order valence-corrected chi connectivity index (χ4v) is 7.14. The van der Waals surface area contributed by atoms with Gasteiger partial charge in [-0.1, -0.05) is 44.3 Å². The average Bonchev–Trinajstić information content (AvgIpc) is 2.71. The van der Waals surface area contributed by atoms with Gasteiger partial charge in [-0.3, -0.25) is 0 Å². The van der Waals surface area contributed by atoms with Crippen molar-refractivity contribution in [3.8, 4) is 0 Å². The van der Waals surface area contributed by atoms with Crippen molar-refractivity contribution in [3.63, 3.8) is 0 Å². The van der Waals surface area contributed by atoms with E-state index < -0.39 is 18.5 Å². The smallest absolute Gasteiger partial charge is 0.162 e. The molecule has 0 radical (unpaired) electrons. The zero-order chi connectivity index (χ0) is 19.7. The van der Waals surface area contributed by atoms with Crippen LogP contribution in [0, 0.1) is 35.5 Å². The van der Waals surface area contributed by atoms with E-state index in [1.165, 1.54) is 69.8 Å². The van der Waals surface area contributed by atoms with Crippen molar-refractivity contribution in [2.75, 3.05) is 0 Å². The number of rotatable bonds is 4. The Morgan fingerprint density at radius 2 is 1.46 bits per heavy atom. The van der Waals surface area contributed by atoms with E-state index in [2.05, 4.69) is 13.0 Å². The molecule has 5 unspecified atom stereocenters. The largest absolute Gasteiger partial charge is 0.244 e. The molecule has 0 saturated heterocycles. The molecule has 0 aromatic rings. The van der Waals surface area contributed by atoms with Gasteiger partial charge in [0, 0.05) is 0 Å². The van der Waals surface area contributed by atoms with Crippen LogP contribution in [0.4, 0.5) is 13.2 Å². The molecule has 3 heteroatoms. The molecular weight excluding hydrogens is 357 g/mol. The lowest BCUT2D eigenvalue weighted by Gasteiger charge is -2.44. The van der Waals surface area contributed by atoms with Crippen molar-refractivity contribution >= 4 is 0 Å². The van der Waals surface area contributed by atoms with Crippen LogP contribution in [-0.4, -0.2) is 18.5 Å². The quantitative estimate of drug-likeness (QED) is 0.426. The fourth-order valence-electron chi connectivity index (χ4n) is 7.14. The summed E-state index contributed by atoms with van der Waals surface area (Å²) < 4.78 is 41.2. The first kappa shape index (κ1) is 20.8. The van der Waals surface area contributed by atoms with Gasteiger partial charge in [0.15, 0.2) is 6.17 Å². The molecule has 0 aromatic carbocycles. The number of halogens is 3. The minimum atomic E-state index is -1.91. The highest BCUT2D eigenvalue weighted by Gasteiger charge is 2.42. The number of allylic oxidation sites excluding steroid dienone is 2. The second-order valence-corrected chi connectivity index (χ2v) is 10.5. The maximum Gasteiger partial charge on any atom is 0.162 e. The van der Waals surface area contributed by atoms with Gasteiger partial charge in [0.05, 0.1) is 0 Å². The van der Waals surface area contributed by atoms with Crippen LogP contribution in [0.15, 0.2) is 11.6 Å². The summed E-state index contributed by atoms with van der Waals surface area (Å²) in [5.41, 5.74) is 1.25. The van der Waals surface area contributed by atoms with Gasteiger partial charge in [0.25, 0.3) is 0 Å². The number of alkyl halides is 3. The molecule has 160 valence electrons. The van der Waals surface area contributed by atoms with Crippen molar-refractivity contribution in [2.45, 2.75) is 109 Å². The molecule has 0 heterocycles. The van der Waals surface area contributed by atoms with E-state index in [0.717, 1.165) is 30.1 Å². The lowest BCUT2D eigenvalue weighted by molar-refractivity contribution is 0.0236. The number of hydrogen-bond acceptors (Lipinski definition) is 0. The van der Waals surface area contributed by atoms with Gasteiger partial charge in [0.2, 0.25) is 0 Å². The van der Waals surface area contributed by atoms with E-state index >= 15 is 0 Å². The predicted octanol–water partition coefficient (Wildman–Crippen LogP) is 7.77. The van der Waals surface area contributed by atoms with Crippen LogP contribution in [0.2, 0.25) is 0 Å². The van der Waals surface area contributed by atoms with Crippen molar-refractivity contribution in [2.24, 2.45) is 35.5 Å². The zero-order valence-electron chi connectivity index (χ0n) is 17.6. The van der Waals surface area contributed by atoms with Crippen LogP contribution in [0.25, 0.3) is 0 Å². The van der Waals surface area contributed by atoms with Gasteiger partial charge in [0.1, 0.15) is 12.3 Å². The Balaban J connectivity index is 1.31. The molecule has 3 fully saturated rings. The van der Waals surface area contributed by atoms with Gasteiger partial charge >= 0.3 is 0 Å². The second-order valence-electron chi connectivity index (χ2n) is 10.5. The highest BCUT2D eigenvalue weighted by atomic mass is 19.2. The summed E-state index contributed by atoms with van der Waals surface area (Å²) in [6.45, 7) is 2.31. The predicted molar refractivity (Wildman–Crippen MR) is 109 cm³/mol. The molecule has 4 rings (SSSR count). The van der Waals surface area contributed by atoms with Crippen LogP contribution >= 0.6 is 0 Å². The Morgan fingerprint density at radius 3 is 2.14 bits per heavy atom. The first-order chi connectivity index (χ1) is 13.5. The van der Waals surface area contributed by atoms with Gasteiger partial charge in [-0.15, -0.1) is 0 Å². The number of fused-ring (bicyclic) bond motifs is 1. The number of hydrogen-bond donors (Lipinski definition) is 0. The molecule has 0 bridgehead atoms. The monoisotopic (exact) mass is 396 g/mol. The Labute approximate surface area is 169 Å². The van der Waals surface area contributed by atoms with Gasteiger partial charge in [-0.05, 0) is 93.3 Å². The molecule has 0 N–H and O–H groups in total. The second kappa shape index (κ2) is 9.13. The van der Waals surface area contributed by atoms with Gasteiger partial charge < -0.3 is 0 Å². The maximum atomic E-state index is 13.9. The third kappa shape index (κ3) is 4.48. The van der Waals surface area contributed by atoms with Crippen molar-refractivity contribution in [1.82, 2.24) is 0 Å². The Hall–Kier alpha value is -0.470. The molecule has 28 heavy (non-hydrogen) atoms. The van der Waals surface area contributed by atoms with E-state index in [0.29, 0.717) is 5.92 Å². The van der Waals surface area contributed by atoms with Crippen LogP contribution in [-0.2, 0) is 0 Å². The van der Waals surface area contributed by atoms with E-state index in [1.807, 2.05) is 0 Å². The summed E-state index contributed by atoms with van der Waals surface area (Å²) in [4.78, 5) is 0. The minimum Gasteiger partial charge on any atom is -0.244 e. The summed E-state index contributed by atoms with van der Waals surface area (Å²) in [5.74, 6) is 4.15. The molecule has 3 saturated carbocycles. The molecule has 4 aliphatic rings. The summed E-state index contributed by atoms with van der Waals surface area (Å²) >= 11 is 0. The minimum absolute atomic E-state index is 0.0653. The summed E-state index contributed by atoms with van der Waals surface area (Å²) in [6, 6.07) is 0. The fraction of sp³-hybridized carbons (Fsp3) is 0.920. The molecule has 0 aromatic heterocycles.